The third-order valence-electron chi connectivity index (χ3n) is 14.7. The van der Waals surface area contributed by atoms with Crippen molar-refractivity contribution < 1.29 is 28.6 Å². The Morgan fingerprint density at radius 3 is 0.744 bits per heavy atom. The Bertz CT molecular complexity index is 1690. The lowest BCUT2D eigenvalue weighted by atomic mass is 10.0. The Kier molecular flexibility index (Phi) is 65.8. The highest BCUT2D eigenvalue weighted by Crippen LogP contribution is 2.17. The van der Waals surface area contributed by atoms with Gasteiger partial charge in [-0.1, -0.05) is 316 Å². The first-order valence-corrected chi connectivity index (χ1v) is 34.5. The van der Waals surface area contributed by atoms with Gasteiger partial charge in [0, 0.05) is 19.3 Å². The van der Waals surface area contributed by atoms with Gasteiger partial charge in [-0.3, -0.25) is 14.4 Å². The number of hydrogen-bond acceptors (Lipinski definition) is 6. The van der Waals surface area contributed by atoms with E-state index in [1.54, 1.807) is 0 Å². The van der Waals surface area contributed by atoms with Gasteiger partial charge >= 0.3 is 17.9 Å². The van der Waals surface area contributed by atoms with Gasteiger partial charge in [0.25, 0.3) is 0 Å². The molecule has 0 heterocycles. The lowest BCUT2D eigenvalue weighted by Gasteiger charge is -2.18. The van der Waals surface area contributed by atoms with E-state index in [9.17, 15) is 14.4 Å². The van der Waals surface area contributed by atoms with Crippen molar-refractivity contribution in [2.75, 3.05) is 13.2 Å². The van der Waals surface area contributed by atoms with Crippen molar-refractivity contribution in [2.45, 2.75) is 329 Å². The summed E-state index contributed by atoms with van der Waals surface area (Å²) in [5, 5.41) is 0. The fourth-order valence-corrected chi connectivity index (χ4v) is 9.62. The Morgan fingerprint density at radius 1 is 0.256 bits per heavy atom. The second kappa shape index (κ2) is 69.3. The molecule has 0 aromatic rings. The summed E-state index contributed by atoms with van der Waals surface area (Å²) in [6.07, 6.45) is 96.3. The highest BCUT2D eigenvalue weighted by Gasteiger charge is 2.19. The van der Waals surface area contributed by atoms with Gasteiger partial charge in [-0.2, -0.15) is 0 Å². The molecule has 0 N–H and O–H groups in total. The first kappa shape index (κ1) is 77.8. The highest BCUT2D eigenvalue weighted by atomic mass is 16.6. The van der Waals surface area contributed by atoms with Crippen molar-refractivity contribution in [3.8, 4) is 0 Å². The molecule has 0 amide bonds. The smallest absolute Gasteiger partial charge is 0.306 e. The summed E-state index contributed by atoms with van der Waals surface area (Å²) in [5.74, 6) is -0.900. The first-order chi connectivity index (χ1) is 40.5. The monoisotopic (exact) mass is 1140 g/mol. The van der Waals surface area contributed by atoms with Gasteiger partial charge in [0.1, 0.15) is 13.2 Å². The van der Waals surface area contributed by atoms with E-state index in [4.69, 9.17) is 14.2 Å². The van der Waals surface area contributed by atoms with Crippen LogP contribution in [0.1, 0.15) is 323 Å². The van der Waals surface area contributed by atoms with Gasteiger partial charge in [-0.05, 0) is 109 Å². The van der Waals surface area contributed by atoms with Gasteiger partial charge in [0.2, 0.25) is 0 Å². The molecule has 6 nitrogen and oxygen atoms in total. The predicted molar refractivity (Wildman–Crippen MR) is 357 cm³/mol. The number of ether oxygens (including phenoxy) is 3. The quantitative estimate of drug-likeness (QED) is 0.0261. The summed E-state index contributed by atoms with van der Waals surface area (Å²) in [6.45, 7) is 6.43. The van der Waals surface area contributed by atoms with E-state index >= 15 is 0 Å². The van der Waals surface area contributed by atoms with Crippen LogP contribution in [-0.4, -0.2) is 37.2 Å². The largest absolute Gasteiger partial charge is 0.462 e. The van der Waals surface area contributed by atoms with Crippen LogP contribution in [0.15, 0.2) is 122 Å². The molecule has 0 radical (unpaired) electrons. The zero-order valence-electron chi connectivity index (χ0n) is 53.7. The average Bonchev–Trinajstić information content (AvgIpc) is 3.47. The normalized spacial score (nSPS) is 12.9. The number of carbonyl (C=O) groups is 3. The molecule has 0 spiro atoms. The van der Waals surface area contributed by atoms with Crippen LogP contribution in [0.3, 0.4) is 0 Å². The van der Waals surface area contributed by atoms with Gasteiger partial charge in [-0.25, -0.2) is 0 Å². The standard InChI is InChI=1S/C76H128O6/c1-4-7-10-13-16-19-22-25-28-31-34-36-37-38-39-41-42-45-48-51-54-57-60-63-66-69-75(78)81-72-73(71-80-74(77)68-65-62-59-56-53-50-47-44-33-30-27-24-21-18-15-12-9-6-3)82-76(79)70-67-64-61-58-55-52-49-46-43-40-35-32-29-26-23-20-17-14-11-8-5-2/h7-8,10-11,16-17,19-20,25-26,28-29,34-36,38-40,46,49,73H,4-6,9,12-15,18,21-24,27,30-33,37,41-45,47-48,50-72H2,1-3H3/b10-7-,11-8-,19-16-,20-17-,28-25-,29-26-,36-34-,39-38-,40-35-,49-46-. The maximum absolute atomic E-state index is 13.0. The molecule has 468 valence electrons. The molecular formula is C76H128O6. The summed E-state index contributed by atoms with van der Waals surface area (Å²) in [7, 11) is 0. The van der Waals surface area contributed by atoms with Crippen LogP contribution in [-0.2, 0) is 28.6 Å². The summed E-state index contributed by atoms with van der Waals surface area (Å²) in [6, 6.07) is 0. The first-order valence-electron chi connectivity index (χ1n) is 34.5. The molecule has 1 unspecified atom stereocenters. The molecule has 0 aliphatic carbocycles. The highest BCUT2D eigenvalue weighted by molar-refractivity contribution is 5.71. The number of unbranched alkanes of at least 4 members (excludes halogenated alkanes) is 31. The number of hydrogen-bond donors (Lipinski definition) is 0. The lowest BCUT2D eigenvalue weighted by Crippen LogP contribution is -2.30. The van der Waals surface area contributed by atoms with Crippen molar-refractivity contribution in [1.29, 1.82) is 0 Å². The third-order valence-corrected chi connectivity index (χ3v) is 14.7. The zero-order chi connectivity index (χ0) is 59.2. The van der Waals surface area contributed by atoms with Crippen molar-refractivity contribution in [1.82, 2.24) is 0 Å². The van der Waals surface area contributed by atoms with Crippen LogP contribution in [0.25, 0.3) is 0 Å². The van der Waals surface area contributed by atoms with Crippen LogP contribution in [0.2, 0.25) is 0 Å². The molecule has 0 aromatic heterocycles. The molecule has 0 aliphatic rings. The summed E-state index contributed by atoms with van der Waals surface area (Å²) >= 11 is 0. The van der Waals surface area contributed by atoms with Crippen LogP contribution in [0.5, 0.6) is 0 Å². The zero-order valence-corrected chi connectivity index (χ0v) is 53.7. The van der Waals surface area contributed by atoms with Crippen LogP contribution in [0.4, 0.5) is 0 Å². The summed E-state index contributed by atoms with van der Waals surface area (Å²) < 4.78 is 17.0. The van der Waals surface area contributed by atoms with Crippen LogP contribution >= 0.6 is 0 Å². The maximum atomic E-state index is 13.0. The van der Waals surface area contributed by atoms with E-state index in [0.29, 0.717) is 19.3 Å². The van der Waals surface area contributed by atoms with E-state index in [1.807, 2.05) is 0 Å². The Morgan fingerprint density at radius 2 is 0.476 bits per heavy atom. The lowest BCUT2D eigenvalue weighted by molar-refractivity contribution is -0.167. The fourth-order valence-electron chi connectivity index (χ4n) is 9.62. The predicted octanol–water partition coefficient (Wildman–Crippen LogP) is 23.9. The van der Waals surface area contributed by atoms with E-state index in [-0.39, 0.29) is 31.1 Å². The number of allylic oxidation sites excluding steroid dienone is 20. The molecule has 0 saturated heterocycles. The second-order valence-electron chi connectivity index (χ2n) is 22.7. The van der Waals surface area contributed by atoms with Crippen molar-refractivity contribution in [3.63, 3.8) is 0 Å². The molecule has 0 fully saturated rings. The van der Waals surface area contributed by atoms with E-state index in [0.717, 1.165) is 148 Å². The summed E-state index contributed by atoms with van der Waals surface area (Å²) in [5.41, 5.74) is 0. The van der Waals surface area contributed by atoms with E-state index in [2.05, 4.69) is 142 Å². The number of rotatable bonds is 62. The van der Waals surface area contributed by atoms with Crippen molar-refractivity contribution in [3.05, 3.63) is 122 Å². The Hall–Kier alpha value is -4.19. The minimum atomic E-state index is -0.795. The Labute approximate surface area is 507 Å². The molecule has 6 heteroatoms. The third kappa shape index (κ3) is 66.6. The average molecular weight is 1140 g/mol. The number of carbonyl (C=O) groups excluding carboxylic acids is 3. The SMILES string of the molecule is CC/C=C\C/C=C\C/C=C\C/C=C\C/C=C\CCCCCCCCCCCC(=O)OCC(COC(=O)CCCCCCCCCCCCCCCCCCCC)OC(=O)CCCCCCC/C=C\C/C=C\C/C=C\C/C=C\C/C=C\CC. The minimum absolute atomic E-state index is 0.0872. The molecule has 0 aromatic carbocycles. The maximum Gasteiger partial charge on any atom is 0.306 e. The molecule has 0 aliphatic heterocycles. The van der Waals surface area contributed by atoms with Crippen molar-refractivity contribution in [2.24, 2.45) is 0 Å². The van der Waals surface area contributed by atoms with Gasteiger partial charge in [-0.15, -0.1) is 0 Å². The van der Waals surface area contributed by atoms with E-state index in [1.165, 1.54) is 135 Å². The molecule has 0 saturated carbocycles. The van der Waals surface area contributed by atoms with E-state index < -0.39 is 6.10 Å². The fraction of sp³-hybridized carbons (Fsp3) is 0.697. The van der Waals surface area contributed by atoms with Crippen LogP contribution in [0, 0.1) is 0 Å². The van der Waals surface area contributed by atoms with Gasteiger partial charge in [0.05, 0.1) is 0 Å². The minimum Gasteiger partial charge on any atom is -0.462 e. The molecule has 82 heavy (non-hydrogen) atoms. The molecule has 0 rings (SSSR count). The van der Waals surface area contributed by atoms with Gasteiger partial charge in [0.15, 0.2) is 6.10 Å². The van der Waals surface area contributed by atoms with Crippen LogP contribution < -0.4 is 0 Å². The number of esters is 3. The molecule has 0 bridgehead atoms. The topological polar surface area (TPSA) is 78.9 Å². The van der Waals surface area contributed by atoms with Crippen molar-refractivity contribution >= 4 is 17.9 Å². The summed E-state index contributed by atoms with van der Waals surface area (Å²) in [4.78, 5) is 38.5. The second-order valence-corrected chi connectivity index (χ2v) is 22.7. The molecule has 1 atom stereocenters. The van der Waals surface area contributed by atoms with Gasteiger partial charge < -0.3 is 14.2 Å². The Balaban J connectivity index is 4.42. The molecular weight excluding hydrogens is 1010 g/mol.